The minimum Gasteiger partial charge on any atom is -0.493 e. The molecule has 2 aromatic carbocycles. The van der Waals surface area contributed by atoms with E-state index in [0.717, 1.165) is 37.8 Å². The van der Waals surface area contributed by atoms with E-state index in [1.165, 1.54) is 0 Å². The number of ether oxygens (including phenoxy) is 2. The highest BCUT2D eigenvalue weighted by molar-refractivity contribution is 6.08. The van der Waals surface area contributed by atoms with E-state index in [1.807, 2.05) is 17.0 Å². The summed E-state index contributed by atoms with van der Waals surface area (Å²) in [7, 11) is 3.11. The van der Waals surface area contributed by atoms with E-state index in [-0.39, 0.29) is 17.8 Å². The summed E-state index contributed by atoms with van der Waals surface area (Å²) in [6, 6.07) is 12.5. The summed E-state index contributed by atoms with van der Waals surface area (Å²) in [5.41, 5.74) is 13.5. The zero-order valence-corrected chi connectivity index (χ0v) is 18.3. The van der Waals surface area contributed by atoms with Crippen molar-refractivity contribution >= 4 is 29.2 Å². The number of hydrogen-bond donors (Lipinski definition) is 3. The van der Waals surface area contributed by atoms with Crippen LogP contribution in [0.4, 0.5) is 11.4 Å². The molecule has 1 spiro atoms. The van der Waals surface area contributed by atoms with Gasteiger partial charge in [0.15, 0.2) is 11.5 Å². The molecule has 0 saturated heterocycles. The molecule has 4 rings (SSSR count). The Morgan fingerprint density at radius 2 is 1.78 bits per heavy atom. The van der Waals surface area contributed by atoms with Crippen LogP contribution in [-0.4, -0.2) is 37.7 Å². The summed E-state index contributed by atoms with van der Waals surface area (Å²) in [6.07, 6.45) is 4.86. The normalized spacial score (nSPS) is 17.4. The first-order valence-corrected chi connectivity index (χ1v) is 10.6. The van der Waals surface area contributed by atoms with Gasteiger partial charge < -0.3 is 26.3 Å². The van der Waals surface area contributed by atoms with Crippen molar-refractivity contribution in [2.75, 3.05) is 24.4 Å². The monoisotopic (exact) mass is 436 g/mol. The van der Waals surface area contributed by atoms with Gasteiger partial charge in [0.25, 0.3) is 5.91 Å². The van der Waals surface area contributed by atoms with Crippen molar-refractivity contribution in [1.82, 2.24) is 0 Å². The highest BCUT2D eigenvalue weighted by atomic mass is 16.5. The summed E-state index contributed by atoms with van der Waals surface area (Å²) in [6.45, 7) is 0. The zero-order chi connectivity index (χ0) is 22.7. The molecule has 0 atom stereocenters. The van der Waals surface area contributed by atoms with Crippen LogP contribution in [0.1, 0.15) is 42.5 Å². The van der Waals surface area contributed by atoms with Gasteiger partial charge >= 0.3 is 0 Å². The van der Waals surface area contributed by atoms with E-state index in [0.29, 0.717) is 22.7 Å². The van der Waals surface area contributed by atoms with Gasteiger partial charge in [0.2, 0.25) is 11.9 Å². The zero-order valence-electron chi connectivity index (χ0n) is 18.3. The van der Waals surface area contributed by atoms with Crippen molar-refractivity contribution in [2.24, 2.45) is 21.5 Å². The molecule has 0 bridgehead atoms. The number of methoxy groups -OCH3 is 2. The van der Waals surface area contributed by atoms with Gasteiger partial charge in [-0.2, -0.15) is 4.99 Å². The van der Waals surface area contributed by atoms with E-state index in [9.17, 15) is 4.79 Å². The molecule has 0 radical (unpaired) electrons. The molecule has 5 N–H and O–H groups in total. The van der Waals surface area contributed by atoms with Gasteiger partial charge in [0.05, 0.1) is 14.2 Å². The van der Waals surface area contributed by atoms with E-state index < -0.39 is 5.66 Å². The van der Waals surface area contributed by atoms with Crippen LogP contribution >= 0.6 is 0 Å². The summed E-state index contributed by atoms with van der Waals surface area (Å²) in [5, 5.41) is 2.90. The quantitative estimate of drug-likeness (QED) is 0.661. The van der Waals surface area contributed by atoms with E-state index >= 15 is 0 Å². The standard InChI is InChI=1S/C23H28N6O3/c1-31-18-10-9-16(14-19(18)32-2)26-20(30)15-7-6-8-17(13-15)29-22(25)27-21(24)28-23(29)11-4-3-5-12-23/h6-10,13-14H,3-5,11-12H2,1-2H3,(H,26,30)(H4,24,25,27,28). The molecule has 1 heterocycles. The largest absolute Gasteiger partial charge is 0.493 e. The number of guanidine groups is 2. The molecular formula is C23H28N6O3. The minimum absolute atomic E-state index is 0.197. The first-order chi connectivity index (χ1) is 15.5. The number of amides is 1. The number of nitrogens with two attached hydrogens (primary N) is 2. The SMILES string of the molecule is COc1ccc(NC(=O)c2cccc(N3C(N)=NC(N)=NC34CCCCC4)c2)cc1OC. The van der Waals surface area contributed by atoms with Crippen molar-refractivity contribution in [1.29, 1.82) is 0 Å². The minimum atomic E-state index is -0.563. The van der Waals surface area contributed by atoms with Gasteiger partial charge in [-0.15, -0.1) is 0 Å². The lowest BCUT2D eigenvalue weighted by molar-refractivity contribution is 0.102. The summed E-state index contributed by atoms with van der Waals surface area (Å²) >= 11 is 0. The Morgan fingerprint density at radius 1 is 1.03 bits per heavy atom. The number of aliphatic imine (C=N–C) groups is 2. The molecule has 9 nitrogen and oxygen atoms in total. The number of carbonyl (C=O) groups excluding carboxylic acids is 1. The van der Waals surface area contributed by atoms with Gasteiger partial charge in [0, 0.05) is 23.0 Å². The predicted octanol–water partition coefficient (Wildman–Crippen LogP) is 3.07. The third-order valence-electron chi connectivity index (χ3n) is 5.86. The number of benzene rings is 2. The number of carbonyl (C=O) groups is 1. The average Bonchev–Trinajstić information content (AvgIpc) is 2.79. The fraction of sp³-hybridized carbons (Fsp3) is 0.348. The van der Waals surface area contributed by atoms with Crippen molar-refractivity contribution in [3.05, 3.63) is 48.0 Å². The number of nitrogens with one attached hydrogen (secondary N) is 1. The smallest absolute Gasteiger partial charge is 0.255 e. The fourth-order valence-electron chi connectivity index (χ4n) is 4.40. The maximum atomic E-state index is 13.0. The van der Waals surface area contributed by atoms with Crippen LogP contribution < -0.4 is 31.2 Å². The molecule has 2 aromatic rings. The Hall–Kier alpha value is -3.75. The molecule has 9 heteroatoms. The molecule has 1 aliphatic heterocycles. The van der Waals surface area contributed by atoms with Crippen LogP contribution in [0.25, 0.3) is 0 Å². The van der Waals surface area contributed by atoms with Crippen molar-refractivity contribution in [2.45, 2.75) is 37.8 Å². The Kier molecular flexibility index (Phi) is 5.89. The molecule has 1 saturated carbocycles. The van der Waals surface area contributed by atoms with Crippen molar-refractivity contribution in [3.8, 4) is 11.5 Å². The molecule has 0 aromatic heterocycles. The highest BCUT2D eigenvalue weighted by Gasteiger charge is 2.42. The van der Waals surface area contributed by atoms with Gasteiger partial charge in [-0.25, -0.2) is 4.99 Å². The van der Waals surface area contributed by atoms with Crippen molar-refractivity contribution < 1.29 is 14.3 Å². The van der Waals surface area contributed by atoms with E-state index in [1.54, 1.807) is 44.6 Å². The maximum absolute atomic E-state index is 13.0. The number of nitrogens with zero attached hydrogens (tertiary/aromatic N) is 3. The third-order valence-corrected chi connectivity index (χ3v) is 5.86. The lowest BCUT2D eigenvalue weighted by atomic mass is 9.87. The second-order valence-electron chi connectivity index (χ2n) is 7.89. The number of anilines is 2. The van der Waals surface area contributed by atoms with Crippen LogP contribution in [0.3, 0.4) is 0 Å². The Balaban J connectivity index is 1.62. The van der Waals surface area contributed by atoms with Crippen LogP contribution in [0.15, 0.2) is 52.4 Å². The van der Waals surface area contributed by atoms with Crippen LogP contribution in [0.2, 0.25) is 0 Å². The molecule has 1 fully saturated rings. The van der Waals surface area contributed by atoms with Gasteiger partial charge in [0.1, 0.15) is 5.66 Å². The molecule has 1 amide bonds. The van der Waals surface area contributed by atoms with Crippen LogP contribution in [0, 0.1) is 0 Å². The lowest BCUT2D eigenvalue weighted by Crippen LogP contribution is -2.58. The molecule has 32 heavy (non-hydrogen) atoms. The molecular weight excluding hydrogens is 408 g/mol. The van der Waals surface area contributed by atoms with Gasteiger partial charge in [-0.05, 0) is 56.0 Å². The number of hydrogen-bond acceptors (Lipinski definition) is 8. The molecule has 0 unspecified atom stereocenters. The summed E-state index contributed by atoms with van der Waals surface area (Å²) < 4.78 is 10.6. The number of rotatable bonds is 5. The topological polar surface area (TPSA) is 128 Å². The fourth-order valence-corrected chi connectivity index (χ4v) is 4.40. The van der Waals surface area contributed by atoms with Gasteiger partial charge in [-0.1, -0.05) is 12.5 Å². The summed E-state index contributed by atoms with van der Waals surface area (Å²) in [4.78, 5) is 23.8. The molecule has 168 valence electrons. The van der Waals surface area contributed by atoms with Gasteiger partial charge in [-0.3, -0.25) is 9.69 Å². The lowest BCUT2D eigenvalue weighted by Gasteiger charge is -2.45. The Bertz CT molecular complexity index is 1080. The first-order valence-electron chi connectivity index (χ1n) is 10.6. The van der Waals surface area contributed by atoms with Crippen molar-refractivity contribution in [3.63, 3.8) is 0 Å². The predicted molar refractivity (Wildman–Crippen MR) is 125 cm³/mol. The third kappa shape index (κ3) is 4.05. The van der Waals surface area contributed by atoms with Crippen LogP contribution in [-0.2, 0) is 0 Å². The second-order valence-corrected chi connectivity index (χ2v) is 7.89. The second kappa shape index (κ2) is 8.78. The Morgan fingerprint density at radius 3 is 2.50 bits per heavy atom. The maximum Gasteiger partial charge on any atom is 0.255 e. The average molecular weight is 437 g/mol. The first kappa shape index (κ1) is 21.5. The van der Waals surface area contributed by atoms with Crippen LogP contribution in [0.5, 0.6) is 11.5 Å². The molecule has 2 aliphatic rings. The van der Waals surface area contributed by atoms with E-state index in [4.69, 9.17) is 20.9 Å². The highest BCUT2D eigenvalue weighted by Crippen LogP contribution is 2.39. The summed E-state index contributed by atoms with van der Waals surface area (Å²) in [5.74, 6) is 1.35. The molecule has 1 aliphatic carbocycles. The Labute approximate surface area is 187 Å². The van der Waals surface area contributed by atoms with E-state index in [2.05, 4.69) is 15.3 Å².